The smallest absolute Gasteiger partial charge is 0.338 e. The molecule has 0 amide bonds. The van der Waals surface area contributed by atoms with E-state index < -0.39 is 33.3 Å². The molecule has 1 aromatic carbocycles. The van der Waals surface area contributed by atoms with Crippen LogP contribution in [0.4, 0.5) is 4.39 Å². The second kappa shape index (κ2) is 5.66. The Balaban J connectivity index is 3.32. The summed E-state index contributed by atoms with van der Waals surface area (Å²) in [4.78, 5) is 10.7. The maximum absolute atomic E-state index is 13.5. The minimum Gasteiger partial charge on any atom is -0.478 e. The summed E-state index contributed by atoms with van der Waals surface area (Å²) in [7, 11) is -2.35. The van der Waals surface area contributed by atoms with Crippen molar-refractivity contribution in [2.24, 2.45) is 0 Å². The fraction of sp³-hybridized carbons (Fsp3) is 0.417. The van der Waals surface area contributed by atoms with E-state index in [-0.39, 0.29) is 16.2 Å². The number of carboxylic acids is 1. The van der Waals surface area contributed by atoms with Crippen LogP contribution in [0.3, 0.4) is 0 Å². The molecule has 106 valence electrons. The highest BCUT2D eigenvalue weighted by atomic mass is 32.2. The van der Waals surface area contributed by atoms with Crippen LogP contribution < -0.4 is 0 Å². The number of aromatic carboxylic acids is 1. The van der Waals surface area contributed by atoms with Crippen molar-refractivity contribution in [1.29, 1.82) is 0 Å². The summed E-state index contributed by atoms with van der Waals surface area (Å²) in [5, 5.41) is 8.85. The normalized spacial score (nSPS) is 13.3. The Hall–Kier alpha value is -1.47. The number of carbonyl (C=O) groups is 1. The fourth-order valence-electron chi connectivity index (χ4n) is 1.54. The van der Waals surface area contributed by atoms with Crippen molar-refractivity contribution in [3.05, 3.63) is 29.1 Å². The molecule has 1 unspecified atom stereocenters. The zero-order valence-electron chi connectivity index (χ0n) is 10.8. The first-order chi connectivity index (χ1) is 8.69. The third-order valence-electron chi connectivity index (χ3n) is 2.67. The molecule has 1 atom stereocenters. The number of carboxylic acid groups (broad SMARTS) is 1. The predicted octanol–water partition coefficient (Wildman–Crippen LogP) is 1.64. The number of ether oxygens (including phenoxy) is 1. The van der Waals surface area contributed by atoms with Crippen LogP contribution in [0.25, 0.3) is 0 Å². The lowest BCUT2D eigenvalue weighted by Crippen LogP contribution is -2.20. The van der Waals surface area contributed by atoms with Gasteiger partial charge in [-0.1, -0.05) is 0 Å². The maximum Gasteiger partial charge on any atom is 0.338 e. The van der Waals surface area contributed by atoms with Gasteiger partial charge in [0, 0.05) is 7.11 Å². The molecule has 0 saturated carbocycles. The zero-order valence-corrected chi connectivity index (χ0v) is 11.6. The van der Waals surface area contributed by atoms with Gasteiger partial charge in [-0.25, -0.2) is 17.6 Å². The number of halogens is 1. The standard InChI is InChI=1S/C12H15FO5S/c1-7-4-9(5-10(11(7)13)12(14)15)19(16,17)6-8(2)18-3/h4-5,8H,6H2,1-3H3,(H,14,15). The van der Waals surface area contributed by atoms with Crippen LogP contribution in [0.15, 0.2) is 17.0 Å². The first-order valence-electron chi connectivity index (χ1n) is 5.48. The van der Waals surface area contributed by atoms with E-state index in [9.17, 15) is 17.6 Å². The summed E-state index contributed by atoms with van der Waals surface area (Å²) in [5.74, 6) is -2.73. The van der Waals surface area contributed by atoms with Crippen LogP contribution in [0, 0.1) is 12.7 Å². The van der Waals surface area contributed by atoms with Crippen LogP contribution in [0.5, 0.6) is 0 Å². The molecule has 0 saturated heterocycles. The number of hydrogen-bond donors (Lipinski definition) is 1. The Labute approximate surface area is 110 Å². The Morgan fingerprint density at radius 3 is 2.53 bits per heavy atom. The van der Waals surface area contributed by atoms with E-state index in [2.05, 4.69) is 0 Å². The third kappa shape index (κ3) is 3.51. The number of methoxy groups -OCH3 is 1. The number of sulfone groups is 1. The van der Waals surface area contributed by atoms with Crippen molar-refractivity contribution in [2.45, 2.75) is 24.8 Å². The van der Waals surface area contributed by atoms with Crippen molar-refractivity contribution >= 4 is 15.8 Å². The van der Waals surface area contributed by atoms with Crippen LogP contribution in [-0.2, 0) is 14.6 Å². The molecule has 0 aromatic heterocycles. The number of rotatable bonds is 5. The van der Waals surface area contributed by atoms with Crippen molar-refractivity contribution in [1.82, 2.24) is 0 Å². The van der Waals surface area contributed by atoms with Gasteiger partial charge in [0.25, 0.3) is 0 Å². The number of aryl methyl sites for hydroxylation is 1. The molecule has 1 aromatic rings. The lowest BCUT2D eigenvalue weighted by molar-refractivity contribution is 0.0691. The Morgan fingerprint density at radius 2 is 2.05 bits per heavy atom. The van der Waals surface area contributed by atoms with E-state index in [1.165, 1.54) is 14.0 Å². The number of benzene rings is 1. The van der Waals surface area contributed by atoms with Gasteiger partial charge in [-0.15, -0.1) is 0 Å². The second-order valence-electron chi connectivity index (χ2n) is 4.23. The molecule has 0 bridgehead atoms. The first kappa shape index (κ1) is 15.6. The van der Waals surface area contributed by atoms with E-state index in [0.717, 1.165) is 12.1 Å². The molecule has 0 aliphatic carbocycles. The Bertz CT molecular complexity index is 594. The molecule has 5 nitrogen and oxygen atoms in total. The van der Waals surface area contributed by atoms with Gasteiger partial charge in [0.1, 0.15) is 5.82 Å². The summed E-state index contributed by atoms with van der Waals surface area (Å²) in [5.41, 5.74) is -0.674. The van der Waals surface area contributed by atoms with Crippen molar-refractivity contribution in [3.8, 4) is 0 Å². The molecule has 0 heterocycles. The molecule has 7 heteroatoms. The third-order valence-corrected chi connectivity index (χ3v) is 4.54. The van der Waals surface area contributed by atoms with Gasteiger partial charge < -0.3 is 9.84 Å². The first-order valence-corrected chi connectivity index (χ1v) is 7.13. The second-order valence-corrected chi connectivity index (χ2v) is 6.27. The minimum absolute atomic E-state index is 0.0245. The van der Waals surface area contributed by atoms with Crippen LogP contribution >= 0.6 is 0 Å². The van der Waals surface area contributed by atoms with Crippen LogP contribution in [0.1, 0.15) is 22.8 Å². The predicted molar refractivity (Wildman–Crippen MR) is 66.6 cm³/mol. The van der Waals surface area contributed by atoms with Gasteiger partial charge in [-0.05, 0) is 31.5 Å². The van der Waals surface area contributed by atoms with Crippen LogP contribution in [-0.4, -0.2) is 38.5 Å². The van der Waals surface area contributed by atoms with E-state index >= 15 is 0 Å². The van der Waals surface area contributed by atoms with E-state index in [0.29, 0.717) is 0 Å². The van der Waals surface area contributed by atoms with E-state index in [1.54, 1.807) is 6.92 Å². The zero-order chi connectivity index (χ0) is 14.8. The molecule has 1 N–H and O–H groups in total. The summed E-state index contributed by atoms with van der Waals surface area (Å²) < 4.78 is 42.5. The van der Waals surface area contributed by atoms with Gasteiger partial charge in [0.05, 0.1) is 22.3 Å². The maximum atomic E-state index is 13.5. The summed E-state index contributed by atoms with van der Waals surface area (Å²) in [6, 6.07) is 1.96. The SMILES string of the molecule is COC(C)CS(=O)(=O)c1cc(C)c(F)c(C(=O)O)c1. The molecule has 19 heavy (non-hydrogen) atoms. The van der Waals surface area contributed by atoms with Gasteiger partial charge in [-0.3, -0.25) is 0 Å². The molecule has 0 radical (unpaired) electrons. The van der Waals surface area contributed by atoms with Crippen molar-refractivity contribution in [3.63, 3.8) is 0 Å². The highest BCUT2D eigenvalue weighted by molar-refractivity contribution is 7.91. The van der Waals surface area contributed by atoms with Crippen LogP contribution in [0.2, 0.25) is 0 Å². The van der Waals surface area contributed by atoms with Crippen molar-refractivity contribution in [2.75, 3.05) is 12.9 Å². The molecule has 0 aliphatic rings. The largest absolute Gasteiger partial charge is 0.478 e. The van der Waals surface area contributed by atoms with Crippen molar-refractivity contribution < 1.29 is 27.4 Å². The monoisotopic (exact) mass is 290 g/mol. The Morgan fingerprint density at radius 1 is 1.47 bits per heavy atom. The fourth-order valence-corrected chi connectivity index (χ4v) is 3.15. The van der Waals surface area contributed by atoms with Gasteiger partial charge in [0.15, 0.2) is 9.84 Å². The lowest BCUT2D eigenvalue weighted by Gasteiger charge is -2.12. The summed E-state index contributed by atoms with van der Waals surface area (Å²) >= 11 is 0. The average molecular weight is 290 g/mol. The molecule has 0 spiro atoms. The quantitative estimate of drug-likeness (QED) is 0.834. The topological polar surface area (TPSA) is 80.7 Å². The molecular formula is C12H15FO5S. The Kier molecular flexibility index (Phi) is 4.65. The highest BCUT2D eigenvalue weighted by Gasteiger charge is 2.23. The van der Waals surface area contributed by atoms with E-state index in [4.69, 9.17) is 9.84 Å². The average Bonchev–Trinajstić information content (AvgIpc) is 2.31. The summed E-state index contributed by atoms with van der Waals surface area (Å²) in [6.45, 7) is 2.90. The molecule has 0 aliphatic heterocycles. The number of hydrogen-bond acceptors (Lipinski definition) is 4. The lowest BCUT2D eigenvalue weighted by atomic mass is 10.1. The molecule has 0 fully saturated rings. The van der Waals surface area contributed by atoms with Gasteiger partial charge in [-0.2, -0.15) is 0 Å². The summed E-state index contributed by atoms with van der Waals surface area (Å²) in [6.07, 6.45) is -0.538. The molecule has 1 rings (SSSR count). The minimum atomic E-state index is -3.72. The van der Waals surface area contributed by atoms with Gasteiger partial charge >= 0.3 is 5.97 Å². The van der Waals surface area contributed by atoms with E-state index in [1.807, 2.05) is 0 Å². The molecular weight excluding hydrogens is 275 g/mol. The highest BCUT2D eigenvalue weighted by Crippen LogP contribution is 2.21. The van der Waals surface area contributed by atoms with Gasteiger partial charge in [0.2, 0.25) is 0 Å².